The summed E-state index contributed by atoms with van der Waals surface area (Å²) in [5.41, 5.74) is -0.172. The van der Waals surface area contributed by atoms with E-state index in [2.05, 4.69) is 14.7 Å². The first kappa shape index (κ1) is 14.3. The predicted octanol–water partition coefficient (Wildman–Crippen LogP) is -0.0326. The summed E-state index contributed by atoms with van der Waals surface area (Å²) >= 11 is 0. The highest BCUT2D eigenvalue weighted by atomic mass is 32.2. The van der Waals surface area contributed by atoms with Crippen molar-refractivity contribution in [3.8, 4) is 0 Å². The number of aromatic amines is 1. The highest BCUT2D eigenvalue weighted by Crippen LogP contribution is 2.10. The van der Waals surface area contributed by atoms with Crippen molar-refractivity contribution in [2.45, 2.75) is 11.3 Å². The third-order valence-corrected chi connectivity index (χ3v) is 4.20. The number of aryl methyl sites for hydroxylation is 1. The molecule has 0 saturated carbocycles. The maximum absolute atomic E-state index is 11.9. The maximum atomic E-state index is 11.9. The topological polar surface area (TPSA) is 117 Å². The second kappa shape index (κ2) is 5.47. The molecule has 2 aromatic heterocycles. The summed E-state index contributed by atoms with van der Waals surface area (Å²) in [6, 6.07) is 1.07. The van der Waals surface area contributed by atoms with Crippen LogP contribution < -0.4 is 4.72 Å². The van der Waals surface area contributed by atoms with Crippen molar-refractivity contribution in [1.29, 1.82) is 0 Å². The van der Waals surface area contributed by atoms with Crippen molar-refractivity contribution in [1.82, 2.24) is 19.3 Å². The Morgan fingerprint density at radius 3 is 2.85 bits per heavy atom. The Morgan fingerprint density at radius 1 is 1.55 bits per heavy atom. The Balaban J connectivity index is 2.00. The molecule has 0 amide bonds. The zero-order valence-electron chi connectivity index (χ0n) is 10.7. The molecule has 0 aliphatic rings. The van der Waals surface area contributed by atoms with E-state index in [-0.39, 0.29) is 17.1 Å². The van der Waals surface area contributed by atoms with Crippen LogP contribution in [0.15, 0.2) is 29.6 Å². The number of rotatable bonds is 6. The monoisotopic (exact) mass is 298 g/mol. The number of carbonyl (C=O) groups is 1. The standard InChI is InChI=1S/C11H14N4O4S/c1-15-5-4-12-10(15)2-3-14-20(18,19)8-6-9(11(16)17)13-7-8/h4-7,13-14H,2-3H2,1H3,(H,16,17). The van der Waals surface area contributed by atoms with E-state index in [1.807, 2.05) is 7.05 Å². The second-order valence-electron chi connectivity index (χ2n) is 4.16. The number of carboxylic acid groups (broad SMARTS) is 1. The van der Waals surface area contributed by atoms with E-state index in [9.17, 15) is 13.2 Å². The molecule has 0 aliphatic carbocycles. The van der Waals surface area contributed by atoms with E-state index in [1.54, 1.807) is 17.0 Å². The molecule has 8 nitrogen and oxygen atoms in total. The number of nitrogens with zero attached hydrogens (tertiary/aromatic N) is 2. The van der Waals surface area contributed by atoms with Crippen molar-refractivity contribution in [3.05, 3.63) is 36.2 Å². The van der Waals surface area contributed by atoms with Crippen LogP contribution in [0.5, 0.6) is 0 Å². The van der Waals surface area contributed by atoms with Crippen LogP contribution in [0.25, 0.3) is 0 Å². The zero-order chi connectivity index (χ0) is 14.8. The number of aromatic carboxylic acids is 1. The first-order chi connectivity index (χ1) is 9.40. The number of imidazole rings is 1. The Kier molecular flexibility index (Phi) is 3.91. The lowest BCUT2D eigenvalue weighted by molar-refractivity contribution is 0.0691. The molecule has 2 heterocycles. The molecule has 2 rings (SSSR count). The van der Waals surface area contributed by atoms with Gasteiger partial charge in [-0.1, -0.05) is 0 Å². The summed E-state index contributed by atoms with van der Waals surface area (Å²) in [6.45, 7) is 0.181. The maximum Gasteiger partial charge on any atom is 0.352 e. The first-order valence-corrected chi connectivity index (χ1v) is 7.26. The lowest BCUT2D eigenvalue weighted by Crippen LogP contribution is -2.26. The molecule has 0 spiro atoms. The van der Waals surface area contributed by atoms with Crippen LogP contribution in [0, 0.1) is 0 Å². The predicted molar refractivity (Wildman–Crippen MR) is 69.9 cm³/mol. The van der Waals surface area contributed by atoms with Gasteiger partial charge in [-0.25, -0.2) is 22.9 Å². The summed E-state index contributed by atoms with van der Waals surface area (Å²) in [4.78, 5) is 17.1. The molecule has 0 saturated heterocycles. The zero-order valence-corrected chi connectivity index (χ0v) is 11.5. The Labute approximate surface area is 115 Å². The highest BCUT2D eigenvalue weighted by Gasteiger charge is 2.17. The number of nitrogens with one attached hydrogen (secondary N) is 2. The number of aromatic nitrogens is 3. The molecule has 0 atom stereocenters. The highest BCUT2D eigenvalue weighted by molar-refractivity contribution is 7.89. The van der Waals surface area contributed by atoms with Gasteiger partial charge in [0.2, 0.25) is 10.0 Å². The van der Waals surface area contributed by atoms with E-state index in [0.717, 1.165) is 18.1 Å². The molecular weight excluding hydrogens is 284 g/mol. The lowest BCUT2D eigenvalue weighted by Gasteiger charge is -2.05. The van der Waals surface area contributed by atoms with Crippen molar-refractivity contribution >= 4 is 16.0 Å². The van der Waals surface area contributed by atoms with Crippen molar-refractivity contribution in [2.24, 2.45) is 7.05 Å². The average molecular weight is 298 g/mol. The molecule has 108 valence electrons. The molecule has 20 heavy (non-hydrogen) atoms. The Hall–Kier alpha value is -2.13. The van der Waals surface area contributed by atoms with Gasteiger partial charge >= 0.3 is 5.97 Å². The van der Waals surface area contributed by atoms with Crippen molar-refractivity contribution in [2.75, 3.05) is 6.54 Å². The molecule has 0 radical (unpaired) electrons. The summed E-state index contributed by atoms with van der Waals surface area (Å²) in [5.74, 6) is -0.451. The number of carboxylic acids is 1. The molecule has 9 heteroatoms. The minimum absolute atomic E-state index is 0.102. The fourth-order valence-electron chi connectivity index (χ4n) is 1.67. The molecule has 3 N–H and O–H groups in total. The Morgan fingerprint density at radius 2 is 2.30 bits per heavy atom. The van der Waals surface area contributed by atoms with Crippen LogP contribution in [0.2, 0.25) is 0 Å². The second-order valence-corrected chi connectivity index (χ2v) is 5.92. The van der Waals surface area contributed by atoms with Gasteiger partial charge in [-0.2, -0.15) is 0 Å². The van der Waals surface area contributed by atoms with Gasteiger partial charge in [-0.3, -0.25) is 0 Å². The molecule has 0 aliphatic heterocycles. The fourth-order valence-corrected chi connectivity index (χ4v) is 2.70. The van der Waals surface area contributed by atoms with Crippen LogP contribution in [0.4, 0.5) is 0 Å². The molecule has 2 aromatic rings. The van der Waals surface area contributed by atoms with Gasteiger partial charge < -0.3 is 14.7 Å². The number of sulfonamides is 1. The summed E-state index contributed by atoms with van der Waals surface area (Å²) in [6.07, 6.45) is 5.00. The first-order valence-electron chi connectivity index (χ1n) is 5.78. The van der Waals surface area contributed by atoms with Gasteiger partial charge in [0, 0.05) is 38.6 Å². The third kappa shape index (κ3) is 3.06. The van der Waals surface area contributed by atoms with Crippen LogP contribution in [-0.4, -0.2) is 40.6 Å². The van der Waals surface area contributed by atoms with E-state index >= 15 is 0 Å². The largest absolute Gasteiger partial charge is 0.477 e. The van der Waals surface area contributed by atoms with Gasteiger partial charge in [0.15, 0.2) is 0 Å². The summed E-state index contributed by atoms with van der Waals surface area (Å²) < 4.78 is 28.1. The minimum Gasteiger partial charge on any atom is -0.477 e. The molecule has 0 fully saturated rings. The summed E-state index contributed by atoms with van der Waals surface area (Å²) in [7, 11) is -1.90. The smallest absolute Gasteiger partial charge is 0.352 e. The fraction of sp³-hybridized carbons (Fsp3) is 0.273. The van der Waals surface area contributed by atoms with Crippen LogP contribution >= 0.6 is 0 Å². The van der Waals surface area contributed by atoms with Gasteiger partial charge in [-0.15, -0.1) is 0 Å². The van der Waals surface area contributed by atoms with Crippen LogP contribution in [0.3, 0.4) is 0 Å². The number of H-pyrrole nitrogens is 1. The van der Waals surface area contributed by atoms with Crippen molar-refractivity contribution < 1.29 is 18.3 Å². The average Bonchev–Trinajstić information content (AvgIpc) is 2.99. The van der Waals surface area contributed by atoms with E-state index in [1.165, 1.54) is 0 Å². The lowest BCUT2D eigenvalue weighted by atomic mass is 10.4. The van der Waals surface area contributed by atoms with Gasteiger partial charge in [0.25, 0.3) is 0 Å². The van der Waals surface area contributed by atoms with Gasteiger partial charge in [0.05, 0.1) is 0 Å². The van der Waals surface area contributed by atoms with Gasteiger partial charge in [-0.05, 0) is 6.07 Å². The van der Waals surface area contributed by atoms with E-state index in [4.69, 9.17) is 5.11 Å². The summed E-state index contributed by atoms with van der Waals surface area (Å²) in [5, 5.41) is 8.74. The van der Waals surface area contributed by atoms with Crippen molar-refractivity contribution in [3.63, 3.8) is 0 Å². The Bertz CT molecular complexity index is 716. The number of hydrogen-bond acceptors (Lipinski definition) is 4. The van der Waals surface area contributed by atoms with E-state index < -0.39 is 16.0 Å². The molecular formula is C11H14N4O4S. The van der Waals surface area contributed by atoms with E-state index in [0.29, 0.717) is 6.42 Å². The quantitative estimate of drug-likeness (QED) is 0.692. The van der Waals surface area contributed by atoms with Gasteiger partial charge in [0.1, 0.15) is 16.4 Å². The van der Waals surface area contributed by atoms with Crippen LogP contribution in [-0.2, 0) is 23.5 Å². The SMILES string of the molecule is Cn1ccnc1CCNS(=O)(=O)c1c[nH]c(C(=O)O)c1. The molecule has 0 bridgehead atoms. The van der Waals surface area contributed by atoms with Crippen LogP contribution in [0.1, 0.15) is 16.3 Å². The minimum atomic E-state index is -3.72. The molecule has 0 unspecified atom stereocenters. The number of hydrogen-bond donors (Lipinski definition) is 3. The normalized spacial score (nSPS) is 11.7. The molecule has 0 aromatic carbocycles. The third-order valence-electron chi connectivity index (χ3n) is 2.76.